The lowest BCUT2D eigenvalue weighted by Crippen LogP contribution is -2.60. The number of nitrogens with one attached hydrogen (secondary N) is 2. The monoisotopic (exact) mass is 457 g/mol. The summed E-state index contributed by atoms with van der Waals surface area (Å²) in [6.07, 6.45) is 11.7. The van der Waals surface area contributed by atoms with Gasteiger partial charge in [-0.1, -0.05) is 6.08 Å². The van der Waals surface area contributed by atoms with E-state index in [-0.39, 0.29) is 18.5 Å². The van der Waals surface area contributed by atoms with E-state index in [0.29, 0.717) is 23.0 Å². The minimum Gasteiger partial charge on any atom is -0.455 e. The summed E-state index contributed by atoms with van der Waals surface area (Å²) in [7, 11) is -2.58. The van der Waals surface area contributed by atoms with Crippen molar-refractivity contribution in [1.82, 2.24) is 20.0 Å². The first-order valence-electron chi connectivity index (χ1n) is 9.89. The van der Waals surface area contributed by atoms with Gasteiger partial charge in [-0.05, 0) is 55.6 Å². The first-order chi connectivity index (χ1) is 15.2. The van der Waals surface area contributed by atoms with Crippen molar-refractivity contribution in [3.8, 4) is 6.01 Å². The molecule has 0 saturated carbocycles. The van der Waals surface area contributed by atoms with Gasteiger partial charge in [0, 0.05) is 36.0 Å². The predicted octanol–water partition coefficient (Wildman–Crippen LogP) is -1.10. The molecule has 2 unspecified atom stereocenters. The average Bonchev–Trinajstić information content (AvgIpc) is 2.77. The molecule has 4 N–H and O–H groups in total. The Labute approximate surface area is 184 Å². The second kappa shape index (κ2) is 8.34. The zero-order valence-corrected chi connectivity index (χ0v) is 18.3. The molecule has 1 aliphatic carbocycles. The van der Waals surface area contributed by atoms with E-state index in [1.807, 2.05) is 13.0 Å². The van der Waals surface area contributed by atoms with Crippen LogP contribution in [0.2, 0.25) is 0 Å². The van der Waals surface area contributed by atoms with Gasteiger partial charge in [0.15, 0.2) is 0 Å². The molecule has 0 spiro atoms. The summed E-state index contributed by atoms with van der Waals surface area (Å²) in [4.78, 5) is 19.0. The van der Waals surface area contributed by atoms with Gasteiger partial charge in [0.1, 0.15) is 11.5 Å². The summed E-state index contributed by atoms with van der Waals surface area (Å²) >= 11 is 0. The van der Waals surface area contributed by atoms with Crippen LogP contribution in [0.4, 0.5) is 0 Å². The molecule has 0 bridgehead atoms. The number of hydrogen-bond donors (Lipinski definition) is 3. The van der Waals surface area contributed by atoms with Gasteiger partial charge in [0.25, 0.3) is 10.0 Å². The highest BCUT2D eigenvalue weighted by Gasteiger charge is 2.37. The van der Waals surface area contributed by atoms with E-state index in [0.717, 1.165) is 10.8 Å². The van der Waals surface area contributed by atoms with Gasteiger partial charge in [0.05, 0.1) is 0 Å². The number of ether oxygens (including phenoxy) is 1. The van der Waals surface area contributed by atoms with Gasteiger partial charge in [-0.15, -0.1) is 0 Å². The van der Waals surface area contributed by atoms with Crippen molar-refractivity contribution in [1.29, 1.82) is 0 Å². The Bertz CT molecular complexity index is 1380. The van der Waals surface area contributed by atoms with Gasteiger partial charge in [0.2, 0.25) is 4.99 Å². The van der Waals surface area contributed by atoms with E-state index < -0.39 is 20.6 Å². The fraction of sp³-hybridized carbons (Fsp3) is 0.286. The Morgan fingerprint density at radius 2 is 2.12 bits per heavy atom. The molecule has 4 rings (SSSR count). The number of aromatic nitrogens is 2. The Morgan fingerprint density at radius 1 is 1.38 bits per heavy atom. The minimum atomic E-state index is -3.86. The Hall–Kier alpha value is -3.28. The molecule has 2 aromatic heterocycles. The number of nitrogens with zero attached hydrogens (tertiary/aromatic N) is 2. The topological polar surface area (TPSA) is 149 Å². The number of sulfonamides is 1. The fourth-order valence-corrected chi connectivity index (χ4v) is 4.48. The highest BCUT2D eigenvalue weighted by molar-refractivity contribution is 7.91. The van der Waals surface area contributed by atoms with Crippen LogP contribution in [0.15, 0.2) is 51.6 Å². The molecular formula is C21H23N5O5S. The number of dihydropyridines is 1. The maximum atomic E-state index is 12.8. The quantitative estimate of drug-likeness (QED) is 0.491. The van der Waals surface area contributed by atoms with E-state index >= 15 is 0 Å². The molecule has 0 radical (unpaired) electrons. The van der Waals surface area contributed by atoms with Crippen molar-refractivity contribution in [2.75, 3.05) is 7.05 Å². The third kappa shape index (κ3) is 4.09. The second-order valence-electron chi connectivity index (χ2n) is 7.44. The first-order valence-corrected chi connectivity index (χ1v) is 11.4. The molecule has 1 aliphatic heterocycles. The third-order valence-electron chi connectivity index (χ3n) is 5.36. The molecule has 0 saturated heterocycles. The smallest absolute Gasteiger partial charge is 0.340 e. The molecular weight excluding hydrogens is 434 g/mol. The molecule has 0 amide bonds. The summed E-state index contributed by atoms with van der Waals surface area (Å²) < 4.78 is 38.1. The minimum absolute atomic E-state index is 0.170. The van der Waals surface area contributed by atoms with Gasteiger partial charge in [-0.2, -0.15) is 0 Å². The van der Waals surface area contributed by atoms with E-state index in [1.54, 1.807) is 30.6 Å². The number of rotatable bonds is 6. The van der Waals surface area contributed by atoms with Crippen LogP contribution < -0.4 is 36.8 Å². The molecule has 10 nitrogen and oxygen atoms in total. The average molecular weight is 458 g/mol. The third-order valence-corrected chi connectivity index (χ3v) is 7.02. The van der Waals surface area contributed by atoms with Crippen LogP contribution in [-0.4, -0.2) is 36.5 Å². The highest BCUT2D eigenvalue weighted by atomic mass is 32.2. The number of fused-ring (bicyclic) bond motifs is 1. The Balaban J connectivity index is 1.66. The number of nitrogens with two attached hydrogens (primary N) is 1. The predicted molar refractivity (Wildman–Crippen MR) is 118 cm³/mol. The van der Waals surface area contributed by atoms with Crippen LogP contribution >= 0.6 is 0 Å². The van der Waals surface area contributed by atoms with Crippen LogP contribution in [0.25, 0.3) is 12.2 Å². The van der Waals surface area contributed by atoms with Crippen molar-refractivity contribution in [3.05, 3.63) is 74.6 Å². The fourth-order valence-electron chi connectivity index (χ4n) is 3.62. The van der Waals surface area contributed by atoms with Crippen molar-refractivity contribution in [3.63, 3.8) is 0 Å². The number of hydrogen-bond acceptors (Lipinski definition) is 9. The standard InChI is InChI=1S/C21H23N5O5S/c1-13-16-5-4-15(30-20-24-7-3-8-25-20)11-18(16)31-19(27)17(13)10-14-6-9-26-21(22,12-14)32(28,29)23-2/h3,5-9,11-12,15,23,26H,4,10,22H2,1-2H3. The molecule has 2 atom stereocenters. The summed E-state index contributed by atoms with van der Waals surface area (Å²) in [5, 5.41) is 3.44. The van der Waals surface area contributed by atoms with E-state index in [4.69, 9.17) is 14.9 Å². The van der Waals surface area contributed by atoms with Crippen molar-refractivity contribution < 1.29 is 17.6 Å². The lowest BCUT2D eigenvalue weighted by atomic mass is 9.97. The van der Waals surface area contributed by atoms with E-state index in [2.05, 4.69) is 20.0 Å². The van der Waals surface area contributed by atoms with Crippen LogP contribution in [0.3, 0.4) is 0 Å². The van der Waals surface area contributed by atoms with Crippen LogP contribution in [0.5, 0.6) is 6.01 Å². The molecule has 11 heteroatoms. The molecule has 2 aromatic rings. The van der Waals surface area contributed by atoms with Crippen LogP contribution in [-0.2, 0) is 16.4 Å². The van der Waals surface area contributed by atoms with Crippen LogP contribution in [0, 0.1) is 6.92 Å². The zero-order valence-electron chi connectivity index (χ0n) is 17.5. The van der Waals surface area contributed by atoms with Crippen LogP contribution in [0.1, 0.15) is 17.5 Å². The van der Waals surface area contributed by atoms with Gasteiger partial charge < -0.3 is 14.5 Å². The number of allylic oxidation sites excluding steroid dienone is 2. The van der Waals surface area contributed by atoms with Crippen molar-refractivity contribution >= 4 is 22.2 Å². The zero-order chi connectivity index (χ0) is 22.9. The molecule has 0 aromatic carbocycles. The Kier molecular flexibility index (Phi) is 5.71. The first kappa shape index (κ1) is 21.9. The van der Waals surface area contributed by atoms with Crippen molar-refractivity contribution in [2.24, 2.45) is 5.73 Å². The summed E-state index contributed by atoms with van der Waals surface area (Å²) in [6.45, 7) is 1.84. The highest BCUT2D eigenvalue weighted by Crippen LogP contribution is 2.19. The van der Waals surface area contributed by atoms with Crippen molar-refractivity contribution in [2.45, 2.75) is 30.9 Å². The van der Waals surface area contributed by atoms with Gasteiger partial charge in [-0.25, -0.2) is 27.9 Å². The molecule has 0 fully saturated rings. The molecule has 168 valence electrons. The summed E-state index contributed by atoms with van der Waals surface area (Å²) in [6, 6.07) is 1.94. The molecule has 2 aliphatic rings. The maximum absolute atomic E-state index is 12.8. The largest absolute Gasteiger partial charge is 0.455 e. The second-order valence-corrected chi connectivity index (χ2v) is 9.53. The summed E-state index contributed by atoms with van der Waals surface area (Å²) in [5.74, 6) is 0. The normalized spacial score (nSPS) is 22.1. The van der Waals surface area contributed by atoms with Gasteiger partial charge >= 0.3 is 11.6 Å². The van der Waals surface area contributed by atoms with E-state index in [1.165, 1.54) is 19.3 Å². The Morgan fingerprint density at radius 3 is 2.84 bits per heavy atom. The summed E-state index contributed by atoms with van der Waals surface area (Å²) in [5.41, 5.74) is 7.71. The molecule has 3 heterocycles. The molecule has 32 heavy (non-hydrogen) atoms. The lowest BCUT2D eigenvalue weighted by molar-refractivity contribution is 0.245. The van der Waals surface area contributed by atoms with E-state index in [9.17, 15) is 13.2 Å². The maximum Gasteiger partial charge on any atom is 0.340 e. The SMILES string of the molecule is CNS(=O)(=O)C1(N)C=C(Cc2c(C)c3c(oc2=O)=CC(Oc2ncccn2)CC=3)C=CN1. The lowest BCUT2D eigenvalue weighted by Gasteiger charge is -2.29. The van der Waals surface area contributed by atoms with Gasteiger partial charge in [-0.3, -0.25) is 5.73 Å².